The van der Waals surface area contributed by atoms with Crippen molar-refractivity contribution < 1.29 is 23.9 Å². The van der Waals surface area contributed by atoms with Crippen LogP contribution >= 0.6 is 11.8 Å². The highest BCUT2D eigenvalue weighted by molar-refractivity contribution is 8.00. The van der Waals surface area contributed by atoms with Crippen molar-refractivity contribution in [2.75, 3.05) is 18.2 Å². The molecule has 0 aliphatic carbocycles. The molecule has 7 heteroatoms. The molecule has 0 bridgehead atoms. The molecule has 0 fully saturated rings. The van der Waals surface area contributed by atoms with Gasteiger partial charge >= 0.3 is 5.97 Å². The van der Waals surface area contributed by atoms with Crippen molar-refractivity contribution in [1.29, 1.82) is 0 Å². The highest BCUT2D eigenvalue weighted by Gasteiger charge is 2.21. The number of hydrogen-bond acceptors (Lipinski definition) is 6. The molecule has 2 rings (SSSR count). The van der Waals surface area contributed by atoms with E-state index in [1.165, 1.54) is 25.6 Å². The second-order valence-electron chi connectivity index (χ2n) is 5.75. The summed E-state index contributed by atoms with van der Waals surface area (Å²) in [5.41, 5.74) is 0.897. The van der Waals surface area contributed by atoms with Gasteiger partial charge < -0.3 is 14.8 Å². The van der Waals surface area contributed by atoms with Crippen LogP contribution in [0.25, 0.3) is 0 Å². The van der Waals surface area contributed by atoms with Gasteiger partial charge in [0.15, 0.2) is 6.10 Å². The third kappa shape index (κ3) is 6.14. The minimum absolute atomic E-state index is 0.00964. The Morgan fingerprint density at radius 1 is 1.07 bits per heavy atom. The molecule has 142 valence electrons. The molecule has 0 saturated heterocycles. The second kappa shape index (κ2) is 9.78. The fourth-order valence-electron chi connectivity index (χ4n) is 2.14. The van der Waals surface area contributed by atoms with E-state index < -0.39 is 18.0 Å². The lowest BCUT2D eigenvalue weighted by atomic mass is 10.2. The smallest absolute Gasteiger partial charge is 0.340 e. The minimum atomic E-state index is -0.981. The van der Waals surface area contributed by atoms with Crippen LogP contribution in [0.15, 0.2) is 53.4 Å². The van der Waals surface area contributed by atoms with Crippen molar-refractivity contribution in [3.8, 4) is 5.75 Å². The minimum Gasteiger partial charge on any atom is -0.497 e. The summed E-state index contributed by atoms with van der Waals surface area (Å²) in [4.78, 5) is 36.5. The summed E-state index contributed by atoms with van der Waals surface area (Å²) >= 11 is 1.26. The van der Waals surface area contributed by atoms with Gasteiger partial charge in [0.2, 0.25) is 0 Å². The van der Waals surface area contributed by atoms with Gasteiger partial charge in [0.1, 0.15) is 11.5 Å². The number of ketones is 1. The summed E-state index contributed by atoms with van der Waals surface area (Å²) in [7, 11) is 1.56. The van der Waals surface area contributed by atoms with Crippen LogP contribution in [0.3, 0.4) is 0 Å². The van der Waals surface area contributed by atoms with Crippen LogP contribution in [0.4, 0.5) is 5.69 Å². The normalized spacial score (nSPS) is 11.4. The van der Waals surface area contributed by atoms with Crippen LogP contribution in [-0.4, -0.2) is 36.6 Å². The first-order chi connectivity index (χ1) is 12.9. The average Bonchev–Trinajstić information content (AvgIpc) is 2.67. The molecular formula is C20H21NO5S. The number of carbonyl (C=O) groups is 3. The third-order valence-corrected chi connectivity index (χ3v) is 4.77. The number of nitrogens with one attached hydrogen (secondary N) is 1. The van der Waals surface area contributed by atoms with Crippen molar-refractivity contribution in [1.82, 2.24) is 0 Å². The van der Waals surface area contributed by atoms with Gasteiger partial charge in [0.25, 0.3) is 5.91 Å². The van der Waals surface area contributed by atoms with Gasteiger partial charge in [0, 0.05) is 10.6 Å². The van der Waals surface area contributed by atoms with E-state index in [-0.39, 0.29) is 11.5 Å². The molecule has 0 aliphatic rings. The Hall–Kier alpha value is -2.80. The molecular weight excluding hydrogens is 366 g/mol. The number of ether oxygens (including phenoxy) is 2. The molecule has 2 aromatic rings. The molecule has 1 N–H and O–H groups in total. The van der Waals surface area contributed by atoms with Crippen LogP contribution in [0.2, 0.25) is 0 Å². The molecule has 0 spiro atoms. The Bertz CT molecular complexity index is 819. The summed E-state index contributed by atoms with van der Waals surface area (Å²) in [5, 5.41) is 2.68. The third-order valence-electron chi connectivity index (χ3n) is 3.55. The van der Waals surface area contributed by atoms with Crippen molar-refractivity contribution in [3.05, 3.63) is 54.1 Å². The maximum atomic E-state index is 12.4. The zero-order valence-electron chi connectivity index (χ0n) is 15.4. The first-order valence-electron chi connectivity index (χ1n) is 8.28. The van der Waals surface area contributed by atoms with E-state index in [1.807, 2.05) is 0 Å². The topological polar surface area (TPSA) is 81.7 Å². The lowest BCUT2D eigenvalue weighted by molar-refractivity contribution is -0.123. The molecule has 1 atom stereocenters. The predicted octanol–water partition coefficient (Wildman–Crippen LogP) is 3.56. The maximum Gasteiger partial charge on any atom is 0.340 e. The number of esters is 1. The number of Topliss-reactive ketones (excluding diaryl/α,β-unsaturated/α-hetero) is 1. The number of rotatable bonds is 8. The van der Waals surface area contributed by atoms with Crippen LogP contribution in [0, 0.1) is 0 Å². The summed E-state index contributed by atoms with van der Waals surface area (Å²) in [5.74, 6) is -0.110. The first kappa shape index (κ1) is 20.5. The Morgan fingerprint density at radius 3 is 2.37 bits per heavy atom. The van der Waals surface area contributed by atoms with E-state index in [0.29, 0.717) is 21.9 Å². The number of anilines is 1. The fraction of sp³-hybridized carbons (Fsp3) is 0.250. The SMILES string of the molecule is COc1ccc(NC(=O)[C@H](C)OC(=O)c2ccccc2SCC(C)=O)cc1. The van der Waals surface area contributed by atoms with Gasteiger partial charge in [-0.05, 0) is 50.2 Å². The summed E-state index contributed by atoms with van der Waals surface area (Å²) < 4.78 is 10.4. The van der Waals surface area contributed by atoms with Crippen LogP contribution < -0.4 is 10.1 Å². The molecule has 0 aromatic heterocycles. The van der Waals surface area contributed by atoms with Gasteiger partial charge in [-0.15, -0.1) is 11.8 Å². The van der Waals surface area contributed by atoms with E-state index in [0.717, 1.165) is 0 Å². The fourth-order valence-corrected chi connectivity index (χ4v) is 2.98. The monoisotopic (exact) mass is 387 g/mol. The van der Waals surface area contributed by atoms with E-state index >= 15 is 0 Å². The van der Waals surface area contributed by atoms with E-state index in [1.54, 1.807) is 55.6 Å². The largest absolute Gasteiger partial charge is 0.497 e. The Balaban J connectivity index is 1.99. The lowest BCUT2D eigenvalue weighted by Gasteiger charge is -2.15. The molecule has 2 aromatic carbocycles. The number of carbonyl (C=O) groups excluding carboxylic acids is 3. The highest BCUT2D eigenvalue weighted by Crippen LogP contribution is 2.24. The van der Waals surface area contributed by atoms with Gasteiger partial charge in [-0.25, -0.2) is 4.79 Å². The summed E-state index contributed by atoms with van der Waals surface area (Å²) in [6.07, 6.45) is -0.981. The maximum absolute atomic E-state index is 12.4. The standard InChI is InChI=1S/C20H21NO5S/c1-13(22)12-27-18-7-5-4-6-17(18)20(24)26-14(2)19(23)21-15-8-10-16(25-3)11-9-15/h4-11,14H,12H2,1-3H3,(H,21,23)/t14-/m0/s1. The number of hydrogen-bond donors (Lipinski definition) is 1. The number of thioether (sulfide) groups is 1. The van der Waals surface area contributed by atoms with Gasteiger partial charge in [-0.1, -0.05) is 12.1 Å². The molecule has 6 nitrogen and oxygen atoms in total. The van der Waals surface area contributed by atoms with E-state index in [4.69, 9.17) is 9.47 Å². The molecule has 0 radical (unpaired) electrons. The van der Waals surface area contributed by atoms with Crippen LogP contribution in [-0.2, 0) is 14.3 Å². The van der Waals surface area contributed by atoms with Crippen LogP contribution in [0.1, 0.15) is 24.2 Å². The summed E-state index contributed by atoms with van der Waals surface area (Å²) in [6.45, 7) is 2.99. The average molecular weight is 387 g/mol. The molecule has 27 heavy (non-hydrogen) atoms. The molecule has 0 unspecified atom stereocenters. The van der Waals surface area contributed by atoms with E-state index in [2.05, 4.69) is 5.32 Å². The molecule has 0 saturated carbocycles. The van der Waals surface area contributed by atoms with Crippen molar-refractivity contribution >= 4 is 35.1 Å². The summed E-state index contributed by atoms with van der Waals surface area (Å²) in [6, 6.07) is 13.7. The van der Waals surface area contributed by atoms with Gasteiger partial charge in [0.05, 0.1) is 18.4 Å². The van der Waals surface area contributed by atoms with Crippen molar-refractivity contribution in [3.63, 3.8) is 0 Å². The number of benzene rings is 2. The number of amides is 1. The Kier molecular flexibility index (Phi) is 7.43. The molecule has 1 amide bonds. The predicted molar refractivity (Wildman–Crippen MR) is 104 cm³/mol. The van der Waals surface area contributed by atoms with Gasteiger partial charge in [-0.2, -0.15) is 0 Å². The molecule has 0 heterocycles. The van der Waals surface area contributed by atoms with E-state index in [9.17, 15) is 14.4 Å². The quantitative estimate of drug-likeness (QED) is 0.551. The highest BCUT2D eigenvalue weighted by atomic mass is 32.2. The second-order valence-corrected chi connectivity index (χ2v) is 6.77. The van der Waals surface area contributed by atoms with Crippen molar-refractivity contribution in [2.45, 2.75) is 24.8 Å². The molecule has 0 aliphatic heterocycles. The van der Waals surface area contributed by atoms with Gasteiger partial charge in [-0.3, -0.25) is 9.59 Å². The number of methoxy groups -OCH3 is 1. The zero-order valence-corrected chi connectivity index (χ0v) is 16.2. The first-order valence-corrected chi connectivity index (χ1v) is 9.26. The Morgan fingerprint density at radius 2 is 1.74 bits per heavy atom. The zero-order chi connectivity index (χ0) is 19.8. The lowest BCUT2D eigenvalue weighted by Crippen LogP contribution is -2.30. The van der Waals surface area contributed by atoms with Crippen LogP contribution in [0.5, 0.6) is 5.75 Å². The van der Waals surface area contributed by atoms with Crippen molar-refractivity contribution in [2.24, 2.45) is 0 Å². The Labute approximate surface area is 162 Å².